The number of hydrogen-bond donors (Lipinski definition) is 1. The zero-order chi connectivity index (χ0) is 15.0. The van der Waals surface area contributed by atoms with E-state index in [-0.39, 0.29) is 18.4 Å². The molecule has 110 valence electrons. The van der Waals surface area contributed by atoms with Crippen molar-refractivity contribution in [2.24, 2.45) is 5.92 Å². The molecule has 3 rings (SSSR count). The second-order valence-electron chi connectivity index (χ2n) is 5.20. The summed E-state index contributed by atoms with van der Waals surface area (Å²) in [7, 11) is 0. The molecule has 21 heavy (non-hydrogen) atoms. The van der Waals surface area contributed by atoms with Crippen molar-refractivity contribution in [2.75, 3.05) is 19.7 Å². The molecule has 1 aliphatic rings. The highest BCUT2D eigenvalue weighted by atomic mass is 35.5. The SMILES string of the molecule is Cc1onc(-c2ccccc2Cl)c1C(=O)N1CC(CO)C1. The highest BCUT2D eigenvalue weighted by Crippen LogP contribution is 2.32. The van der Waals surface area contributed by atoms with Gasteiger partial charge in [-0.05, 0) is 13.0 Å². The van der Waals surface area contributed by atoms with E-state index in [2.05, 4.69) is 5.16 Å². The van der Waals surface area contributed by atoms with E-state index in [9.17, 15) is 4.79 Å². The standard InChI is InChI=1S/C15H15ClN2O3/c1-9-13(15(20)18-6-10(7-18)8-19)14(17-21-9)11-4-2-3-5-12(11)16/h2-5,10,19H,6-8H2,1H3. The number of carbonyl (C=O) groups excluding carboxylic acids is 1. The van der Waals surface area contributed by atoms with Gasteiger partial charge in [-0.25, -0.2) is 0 Å². The molecule has 2 heterocycles. The molecule has 1 saturated heterocycles. The van der Waals surface area contributed by atoms with Crippen molar-refractivity contribution >= 4 is 17.5 Å². The summed E-state index contributed by atoms with van der Waals surface area (Å²) >= 11 is 6.18. The van der Waals surface area contributed by atoms with Gasteiger partial charge in [-0.15, -0.1) is 0 Å². The van der Waals surface area contributed by atoms with E-state index in [0.717, 1.165) is 0 Å². The van der Waals surface area contributed by atoms with Gasteiger partial charge in [0.25, 0.3) is 5.91 Å². The maximum atomic E-state index is 12.6. The summed E-state index contributed by atoms with van der Waals surface area (Å²) in [5, 5.41) is 13.6. The lowest BCUT2D eigenvalue weighted by molar-refractivity contribution is 0.0361. The minimum atomic E-state index is -0.131. The molecule has 1 fully saturated rings. The Kier molecular flexibility index (Phi) is 3.69. The molecule has 0 spiro atoms. The molecule has 1 aromatic carbocycles. The van der Waals surface area contributed by atoms with Crippen LogP contribution in [-0.2, 0) is 0 Å². The number of amides is 1. The van der Waals surface area contributed by atoms with E-state index in [1.54, 1.807) is 17.9 Å². The lowest BCUT2D eigenvalue weighted by Gasteiger charge is -2.38. The van der Waals surface area contributed by atoms with Crippen LogP contribution in [0.25, 0.3) is 11.3 Å². The number of carbonyl (C=O) groups is 1. The van der Waals surface area contributed by atoms with Crippen molar-refractivity contribution in [3.63, 3.8) is 0 Å². The molecule has 0 aliphatic carbocycles. The normalized spacial score (nSPS) is 15.1. The zero-order valence-electron chi connectivity index (χ0n) is 11.5. The highest BCUT2D eigenvalue weighted by Gasteiger charge is 2.34. The summed E-state index contributed by atoms with van der Waals surface area (Å²) in [6, 6.07) is 7.22. The quantitative estimate of drug-likeness (QED) is 0.945. The number of likely N-dealkylation sites (tertiary alicyclic amines) is 1. The lowest BCUT2D eigenvalue weighted by Crippen LogP contribution is -2.51. The van der Waals surface area contributed by atoms with E-state index < -0.39 is 0 Å². The summed E-state index contributed by atoms with van der Waals surface area (Å²) in [6.45, 7) is 2.93. The number of halogens is 1. The van der Waals surface area contributed by atoms with Crippen LogP contribution in [0.3, 0.4) is 0 Å². The van der Waals surface area contributed by atoms with Gasteiger partial charge in [-0.3, -0.25) is 4.79 Å². The Balaban J connectivity index is 1.95. The fraction of sp³-hybridized carbons (Fsp3) is 0.333. The van der Waals surface area contributed by atoms with Gasteiger partial charge in [0.15, 0.2) is 0 Å². The number of nitrogens with zero attached hydrogens (tertiary/aromatic N) is 2. The minimum absolute atomic E-state index is 0.101. The van der Waals surface area contributed by atoms with Crippen molar-refractivity contribution in [1.29, 1.82) is 0 Å². The van der Waals surface area contributed by atoms with Gasteiger partial charge in [-0.2, -0.15) is 0 Å². The Morgan fingerprint density at radius 3 is 2.86 bits per heavy atom. The van der Waals surface area contributed by atoms with Gasteiger partial charge in [0, 0.05) is 31.2 Å². The van der Waals surface area contributed by atoms with Gasteiger partial charge >= 0.3 is 0 Å². The molecule has 2 aromatic rings. The maximum absolute atomic E-state index is 12.6. The lowest BCUT2D eigenvalue weighted by atomic mass is 9.98. The largest absolute Gasteiger partial charge is 0.396 e. The van der Waals surface area contributed by atoms with Crippen LogP contribution in [0.2, 0.25) is 5.02 Å². The molecule has 1 aliphatic heterocycles. The van der Waals surface area contributed by atoms with Crippen molar-refractivity contribution in [3.05, 3.63) is 40.6 Å². The first-order valence-corrected chi connectivity index (χ1v) is 7.11. The summed E-state index contributed by atoms with van der Waals surface area (Å²) < 4.78 is 5.19. The van der Waals surface area contributed by atoms with Crippen molar-refractivity contribution < 1.29 is 14.4 Å². The Bertz CT molecular complexity index is 677. The van der Waals surface area contributed by atoms with Gasteiger partial charge in [0.1, 0.15) is 17.0 Å². The van der Waals surface area contributed by atoms with Crippen LogP contribution in [-0.4, -0.2) is 40.8 Å². The predicted octanol–water partition coefficient (Wildman–Crippen LogP) is 2.37. The fourth-order valence-corrected chi connectivity index (χ4v) is 2.70. The minimum Gasteiger partial charge on any atom is -0.396 e. The maximum Gasteiger partial charge on any atom is 0.259 e. The highest BCUT2D eigenvalue weighted by molar-refractivity contribution is 6.33. The van der Waals surface area contributed by atoms with Crippen molar-refractivity contribution in [3.8, 4) is 11.3 Å². The Hall–Kier alpha value is -1.85. The topological polar surface area (TPSA) is 66.6 Å². The van der Waals surface area contributed by atoms with Crippen molar-refractivity contribution in [1.82, 2.24) is 10.1 Å². The molecule has 6 heteroatoms. The molecule has 1 N–H and O–H groups in total. The molecule has 1 amide bonds. The smallest absolute Gasteiger partial charge is 0.259 e. The second-order valence-corrected chi connectivity index (χ2v) is 5.61. The van der Waals surface area contributed by atoms with Crippen LogP contribution >= 0.6 is 11.6 Å². The van der Waals surface area contributed by atoms with E-state index in [0.29, 0.717) is 40.7 Å². The third-order valence-corrected chi connectivity index (χ3v) is 4.04. The van der Waals surface area contributed by atoms with Gasteiger partial charge in [0.2, 0.25) is 0 Å². The van der Waals surface area contributed by atoms with Gasteiger partial charge in [-0.1, -0.05) is 35.0 Å². The van der Waals surface area contributed by atoms with Gasteiger partial charge < -0.3 is 14.5 Å². The Labute approximate surface area is 127 Å². The summed E-state index contributed by atoms with van der Waals surface area (Å²) in [5.74, 6) is 0.508. The molecule has 1 aromatic heterocycles. The number of aliphatic hydroxyl groups excluding tert-OH is 1. The number of aryl methyl sites for hydroxylation is 1. The first kappa shape index (κ1) is 14.1. The first-order valence-electron chi connectivity index (χ1n) is 6.73. The number of aromatic nitrogens is 1. The Morgan fingerprint density at radius 2 is 2.19 bits per heavy atom. The average Bonchev–Trinajstić information content (AvgIpc) is 2.79. The van der Waals surface area contributed by atoms with Crippen molar-refractivity contribution in [2.45, 2.75) is 6.92 Å². The van der Waals surface area contributed by atoms with Gasteiger partial charge in [0.05, 0.1) is 5.02 Å². The first-order chi connectivity index (χ1) is 10.1. The third-order valence-electron chi connectivity index (χ3n) is 3.71. The molecule has 0 atom stereocenters. The van der Waals surface area contributed by atoms with Crippen LogP contribution in [0.5, 0.6) is 0 Å². The predicted molar refractivity (Wildman–Crippen MR) is 78.2 cm³/mol. The second kappa shape index (κ2) is 5.50. The average molecular weight is 307 g/mol. The molecular weight excluding hydrogens is 292 g/mol. The monoisotopic (exact) mass is 306 g/mol. The third kappa shape index (κ3) is 2.43. The number of hydrogen-bond acceptors (Lipinski definition) is 4. The van der Waals surface area contributed by atoms with E-state index in [1.807, 2.05) is 18.2 Å². The van der Waals surface area contributed by atoms with Crippen LogP contribution in [0.1, 0.15) is 16.1 Å². The molecule has 0 bridgehead atoms. The summed E-state index contributed by atoms with van der Waals surface area (Å²) in [4.78, 5) is 14.3. The molecule has 0 radical (unpaired) electrons. The number of benzene rings is 1. The van der Waals surface area contributed by atoms with E-state index in [1.165, 1.54) is 0 Å². The van der Waals surface area contributed by atoms with E-state index in [4.69, 9.17) is 21.2 Å². The molecule has 0 unspecified atom stereocenters. The van der Waals surface area contributed by atoms with Crippen LogP contribution in [0.15, 0.2) is 28.8 Å². The Morgan fingerprint density at radius 1 is 1.48 bits per heavy atom. The van der Waals surface area contributed by atoms with Crippen LogP contribution < -0.4 is 0 Å². The molecular formula is C15H15ClN2O3. The zero-order valence-corrected chi connectivity index (χ0v) is 12.3. The molecule has 0 saturated carbocycles. The number of aliphatic hydroxyl groups is 1. The number of rotatable bonds is 3. The fourth-order valence-electron chi connectivity index (χ4n) is 2.47. The van der Waals surface area contributed by atoms with E-state index >= 15 is 0 Å². The van der Waals surface area contributed by atoms with Crippen LogP contribution in [0, 0.1) is 12.8 Å². The summed E-state index contributed by atoms with van der Waals surface area (Å²) in [5.41, 5.74) is 1.59. The molecule has 5 nitrogen and oxygen atoms in total. The van der Waals surface area contributed by atoms with Crippen LogP contribution in [0.4, 0.5) is 0 Å². The summed E-state index contributed by atoms with van der Waals surface area (Å²) in [6.07, 6.45) is 0.